The lowest BCUT2D eigenvalue weighted by Crippen LogP contribution is -2.58. The van der Waals surface area contributed by atoms with Crippen LogP contribution in [-0.2, 0) is 17.6 Å². The molecule has 3 aromatic rings. The minimum atomic E-state index is -1.60. The van der Waals surface area contributed by atoms with Crippen LogP contribution in [0.25, 0.3) is 26.9 Å². The first-order chi connectivity index (χ1) is 20.4. The first-order valence-corrected chi connectivity index (χ1v) is 15.1. The van der Waals surface area contributed by atoms with E-state index in [4.69, 9.17) is 21.3 Å². The number of ether oxygens (including phenoxy) is 1. The normalized spacial score (nSPS) is 21.7. The number of pyridine rings is 1. The van der Waals surface area contributed by atoms with Gasteiger partial charge in [-0.2, -0.15) is 9.97 Å². The lowest BCUT2D eigenvalue weighted by molar-refractivity contribution is -0.138. The molecule has 220 valence electrons. The number of likely N-dealkylation sites (N-methyl/N-ethyl adjacent to an activating group) is 1. The summed E-state index contributed by atoms with van der Waals surface area (Å²) in [6.45, 7) is 11.6. The largest absolute Gasteiger partial charge is 0.462 e. The van der Waals surface area contributed by atoms with Crippen molar-refractivity contribution in [2.75, 3.05) is 51.3 Å². The smallest absolute Gasteiger partial charge is 0.319 e. The summed E-state index contributed by atoms with van der Waals surface area (Å²) in [5.41, 5.74) is 5.69. The van der Waals surface area contributed by atoms with Gasteiger partial charge in [-0.15, -0.1) is 0 Å². The number of rotatable bonds is 7. The van der Waals surface area contributed by atoms with Crippen molar-refractivity contribution in [1.82, 2.24) is 24.8 Å². The van der Waals surface area contributed by atoms with E-state index in [2.05, 4.69) is 44.9 Å². The van der Waals surface area contributed by atoms with Crippen LogP contribution >= 0.6 is 0 Å². The maximum absolute atomic E-state index is 14.0. The van der Waals surface area contributed by atoms with Crippen LogP contribution in [0.1, 0.15) is 43.7 Å². The topological polar surface area (TPSA) is 79.1 Å². The summed E-state index contributed by atoms with van der Waals surface area (Å²) in [6, 6.07) is 6.48. The molecule has 42 heavy (non-hydrogen) atoms. The molecule has 3 atom stereocenters. The lowest BCUT2D eigenvalue weighted by Gasteiger charge is -2.40. The molecule has 1 aliphatic carbocycles. The number of aromatic nitrogens is 3. The molecule has 0 saturated carbocycles. The van der Waals surface area contributed by atoms with Crippen LogP contribution < -0.4 is 9.64 Å². The maximum Gasteiger partial charge on any atom is 0.319 e. The molecule has 1 unspecified atom stereocenters. The van der Waals surface area contributed by atoms with Crippen LogP contribution in [0.2, 0.25) is 0 Å². The van der Waals surface area contributed by atoms with E-state index in [1.54, 1.807) is 0 Å². The zero-order chi connectivity index (χ0) is 29.2. The van der Waals surface area contributed by atoms with Gasteiger partial charge in [0.15, 0.2) is 6.17 Å². The van der Waals surface area contributed by atoms with Crippen LogP contribution in [0, 0.1) is 6.57 Å². The molecule has 10 heteroatoms. The van der Waals surface area contributed by atoms with Gasteiger partial charge in [0.05, 0.1) is 5.52 Å². The fourth-order valence-electron chi connectivity index (χ4n) is 6.66. The van der Waals surface area contributed by atoms with Crippen molar-refractivity contribution in [1.29, 1.82) is 0 Å². The van der Waals surface area contributed by atoms with Crippen molar-refractivity contribution >= 4 is 22.6 Å². The van der Waals surface area contributed by atoms with Crippen molar-refractivity contribution in [2.24, 2.45) is 0 Å². The van der Waals surface area contributed by atoms with Gasteiger partial charge in [0.1, 0.15) is 18.5 Å². The van der Waals surface area contributed by atoms with Gasteiger partial charge in [-0.3, -0.25) is 9.78 Å². The van der Waals surface area contributed by atoms with Gasteiger partial charge < -0.3 is 24.3 Å². The summed E-state index contributed by atoms with van der Waals surface area (Å²) in [5, 5.41) is 0.877. The second-order valence-electron chi connectivity index (χ2n) is 11.8. The number of carbonyl (C=O) groups excluding carboxylic acids is 1. The highest BCUT2D eigenvalue weighted by Gasteiger charge is 2.36. The fraction of sp³-hybridized carbons (Fsp3) is 0.531. The van der Waals surface area contributed by atoms with E-state index < -0.39 is 18.1 Å². The standard InChI is InChI=1S/C32H38FN7O2/c1-21(33)31(41)40-14-13-39(19-25(40)17-34-2)30-27-11-10-22(28-18-35-16-23-7-4-5-9-26(23)28)15-29(27)36-32(37-30)42-20-24-8-6-12-38(24)3/h10-11,15-16,18,21,24-25H,4-9,12-14,17,19-20H2,1,3H3/t21?,24-,25-/m0/s1. The van der Waals surface area contributed by atoms with E-state index in [1.807, 2.05) is 12.4 Å². The van der Waals surface area contributed by atoms with Crippen LogP contribution in [0.4, 0.5) is 10.2 Å². The predicted octanol–water partition coefficient (Wildman–Crippen LogP) is 4.34. The number of likely N-dealkylation sites (tertiary alicyclic amines) is 1. The van der Waals surface area contributed by atoms with E-state index in [0.717, 1.165) is 54.3 Å². The molecule has 2 aromatic heterocycles. The Hall–Kier alpha value is -3.84. The van der Waals surface area contributed by atoms with Gasteiger partial charge in [0.2, 0.25) is 6.54 Å². The molecule has 4 heterocycles. The first-order valence-electron chi connectivity index (χ1n) is 15.1. The van der Waals surface area contributed by atoms with Crippen molar-refractivity contribution in [2.45, 2.75) is 63.7 Å². The molecule has 1 aromatic carbocycles. The summed E-state index contributed by atoms with van der Waals surface area (Å²) in [7, 11) is 2.12. The molecule has 0 radical (unpaired) electrons. The number of nitrogens with zero attached hydrogens (tertiary/aromatic N) is 7. The highest BCUT2D eigenvalue weighted by molar-refractivity contribution is 5.93. The third-order valence-electron chi connectivity index (χ3n) is 9.02. The number of hydrogen-bond donors (Lipinski definition) is 0. The van der Waals surface area contributed by atoms with Crippen LogP contribution in [0.3, 0.4) is 0 Å². The number of benzene rings is 1. The van der Waals surface area contributed by atoms with Gasteiger partial charge in [-0.1, -0.05) is 6.07 Å². The molecule has 1 amide bonds. The average molecular weight is 572 g/mol. The molecule has 2 fully saturated rings. The van der Waals surface area contributed by atoms with E-state index in [0.29, 0.717) is 44.1 Å². The molecule has 2 aliphatic heterocycles. The summed E-state index contributed by atoms with van der Waals surface area (Å²) >= 11 is 0. The van der Waals surface area contributed by atoms with Crippen molar-refractivity contribution in [3.05, 3.63) is 53.1 Å². The Labute approximate surface area is 246 Å². The number of alkyl halides is 1. The van der Waals surface area contributed by atoms with Gasteiger partial charge >= 0.3 is 6.01 Å². The Morgan fingerprint density at radius 3 is 2.79 bits per heavy atom. The van der Waals surface area contributed by atoms with Crippen LogP contribution in [-0.4, -0.2) is 95.3 Å². The van der Waals surface area contributed by atoms with E-state index in [9.17, 15) is 9.18 Å². The van der Waals surface area contributed by atoms with Crippen LogP contribution in [0.15, 0.2) is 30.6 Å². The summed E-state index contributed by atoms with van der Waals surface area (Å²) < 4.78 is 20.2. The highest BCUT2D eigenvalue weighted by atomic mass is 19.1. The zero-order valence-corrected chi connectivity index (χ0v) is 24.4. The number of fused-ring (bicyclic) bond motifs is 2. The van der Waals surface area contributed by atoms with E-state index in [-0.39, 0.29) is 6.54 Å². The number of piperazine rings is 1. The fourth-order valence-corrected chi connectivity index (χ4v) is 6.66. The van der Waals surface area contributed by atoms with E-state index in [1.165, 1.54) is 35.8 Å². The summed E-state index contributed by atoms with van der Waals surface area (Å²) in [5.74, 6) is 0.148. The molecular weight excluding hydrogens is 533 g/mol. The van der Waals surface area contributed by atoms with Crippen LogP contribution in [0.5, 0.6) is 6.01 Å². The van der Waals surface area contributed by atoms with Gasteiger partial charge in [0.25, 0.3) is 5.91 Å². The molecule has 6 rings (SSSR count). The Kier molecular flexibility index (Phi) is 8.20. The van der Waals surface area contributed by atoms with Crippen molar-refractivity contribution < 1.29 is 13.9 Å². The number of anilines is 1. The molecular formula is C32H38FN7O2. The number of halogens is 1. The Balaban J connectivity index is 1.38. The van der Waals surface area contributed by atoms with Gasteiger partial charge in [0, 0.05) is 49.0 Å². The maximum atomic E-state index is 14.0. The molecule has 0 N–H and O–H groups in total. The third kappa shape index (κ3) is 5.62. The molecule has 2 saturated heterocycles. The van der Waals surface area contributed by atoms with Gasteiger partial charge in [-0.25, -0.2) is 11.0 Å². The Morgan fingerprint density at radius 2 is 2.00 bits per heavy atom. The predicted molar refractivity (Wildman–Crippen MR) is 160 cm³/mol. The average Bonchev–Trinajstić information content (AvgIpc) is 3.43. The molecule has 9 nitrogen and oxygen atoms in total. The monoisotopic (exact) mass is 571 g/mol. The molecule has 0 bridgehead atoms. The Morgan fingerprint density at radius 1 is 1.14 bits per heavy atom. The van der Waals surface area contributed by atoms with Crippen molar-refractivity contribution in [3.8, 4) is 17.1 Å². The van der Waals surface area contributed by atoms with Gasteiger partial charge in [-0.05, 0) is 87.9 Å². The number of hydrogen-bond acceptors (Lipinski definition) is 7. The second-order valence-corrected chi connectivity index (χ2v) is 11.8. The number of amides is 1. The zero-order valence-electron chi connectivity index (χ0n) is 24.4. The van der Waals surface area contributed by atoms with Crippen molar-refractivity contribution in [3.63, 3.8) is 0 Å². The number of aryl methyl sites for hydroxylation is 1. The minimum Gasteiger partial charge on any atom is -0.462 e. The highest BCUT2D eigenvalue weighted by Crippen LogP contribution is 2.35. The molecule has 3 aliphatic rings. The lowest BCUT2D eigenvalue weighted by atomic mass is 9.87. The number of carbonyl (C=O) groups is 1. The van der Waals surface area contributed by atoms with E-state index >= 15 is 0 Å². The summed E-state index contributed by atoms with van der Waals surface area (Å²) in [6.07, 6.45) is 9.06. The third-order valence-corrected chi connectivity index (χ3v) is 9.02. The Bertz CT molecular complexity index is 1510. The second kappa shape index (κ2) is 12.2. The quantitative estimate of drug-likeness (QED) is 0.391. The first kappa shape index (κ1) is 28.3. The summed E-state index contributed by atoms with van der Waals surface area (Å²) in [4.78, 5) is 36.4. The SMILES string of the molecule is [C-]#[N+]C[C@H]1CN(c2nc(OC[C@@H]3CCCN3C)nc3cc(-c4cncc5c4CCCC5)ccc23)CCN1C(=O)C(C)F. The minimum absolute atomic E-state index is 0.103. The molecule has 0 spiro atoms.